The summed E-state index contributed by atoms with van der Waals surface area (Å²) in [6, 6.07) is 8.86. The number of ether oxygens (including phenoxy) is 7. The average Bonchev–Trinajstić information content (AvgIpc) is 1.64. The number of hydrogen-bond donors (Lipinski definition) is 12. The zero-order valence-electron chi connectivity index (χ0n) is 79.8. The number of likely N-dealkylation sites (tertiary alicyclic amines) is 1. The van der Waals surface area contributed by atoms with Crippen LogP contribution in [0.15, 0.2) is 102 Å². The summed E-state index contributed by atoms with van der Waals surface area (Å²) in [4.78, 5) is 118. The van der Waals surface area contributed by atoms with Crippen molar-refractivity contribution in [3.05, 3.63) is 171 Å². The van der Waals surface area contributed by atoms with Crippen LogP contribution >= 0.6 is 0 Å². The predicted molar refractivity (Wildman–Crippen MR) is 478 cm³/mol. The Hall–Kier alpha value is -9.38. The average molecular weight is 2030 g/mol. The molecule has 13 N–H and O–H groups in total. The molecule has 13 heterocycles. The number of primary amides is 1. The van der Waals surface area contributed by atoms with Gasteiger partial charge in [0.1, 0.15) is 73.2 Å². The molecule has 41 nitrogen and oxygen atoms in total. The highest BCUT2D eigenvalue weighted by atomic mass is 19.3. The number of nitrogens with two attached hydrogens (primary N) is 1. The number of aliphatic hydroxyl groups is 6. The van der Waals surface area contributed by atoms with E-state index in [4.69, 9.17) is 38.9 Å². The molecule has 0 bridgehead atoms. The van der Waals surface area contributed by atoms with E-state index in [2.05, 4.69) is 70.3 Å². The monoisotopic (exact) mass is 2030 g/mol. The van der Waals surface area contributed by atoms with Gasteiger partial charge in [-0.2, -0.15) is 82.6 Å². The molecule has 141 heavy (non-hydrogen) atoms. The fourth-order valence-corrected chi connectivity index (χ4v) is 16.2. The summed E-state index contributed by atoms with van der Waals surface area (Å²) >= 11 is 0. The van der Waals surface area contributed by atoms with E-state index in [1.54, 1.807) is 58.4 Å². The molecular weight excluding hydrogens is 1900 g/mol. The summed E-state index contributed by atoms with van der Waals surface area (Å²) in [5, 5.41) is 73.8. The fourth-order valence-electron chi connectivity index (χ4n) is 16.2. The lowest BCUT2D eigenvalue weighted by Gasteiger charge is -2.25. The van der Waals surface area contributed by atoms with Crippen molar-refractivity contribution in [3.8, 4) is 0 Å². The molecule has 790 valence electrons. The number of methoxy groups -OCH3 is 1. The van der Waals surface area contributed by atoms with Crippen molar-refractivity contribution in [2.75, 3.05) is 106 Å². The van der Waals surface area contributed by atoms with Gasteiger partial charge < -0.3 is 106 Å². The van der Waals surface area contributed by atoms with E-state index in [1.165, 1.54) is 80.9 Å². The van der Waals surface area contributed by atoms with Gasteiger partial charge in [0, 0.05) is 150 Å². The molecule has 2 amide bonds. The zero-order chi connectivity index (χ0) is 104. The Bertz CT molecular complexity index is 5420. The van der Waals surface area contributed by atoms with Gasteiger partial charge in [0.2, 0.25) is 49.2 Å². The molecule has 14 rings (SSSR count). The van der Waals surface area contributed by atoms with Gasteiger partial charge in [-0.3, -0.25) is 37.0 Å². The van der Waals surface area contributed by atoms with Gasteiger partial charge in [-0.15, -0.1) is 0 Å². The van der Waals surface area contributed by atoms with Crippen molar-refractivity contribution in [1.82, 2.24) is 93.7 Å². The van der Waals surface area contributed by atoms with E-state index in [-0.39, 0.29) is 57.8 Å². The van der Waals surface area contributed by atoms with Gasteiger partial charge in [0.05, 0.1) is 13.2 Å². The number of unbranched alkanes of at least 4 members (excludes halogenated alkanes) is 1. The minimum atomic E-state index is -3.68. The second-order valence-electron chi connectivity index (χ2n) is 36.0. The minimum Gasteiger partial charge on any atom is -0.384 e. The van der Waals surface area contributed by atoms with Crippen LogP contribution in [-0.2, 0) is 42.7 Å². The number of hydrogen-bond acceptors (Lipinski definition) is 33. The largest absolute Gasteiger partial charge is 0.384 e. The van der Waals surface area contributed by atoms with Gasteiger partial charge in [-0.1, -0.05) is 46.5 Å². The van der Waals surface area contributed by atoms with Crippen LogP contribution in [0, 0.1) is 47.5 Å². The van der Waals surface area contributed by atoms with Crippen molar-refractivity contribution in [1.29, 1.82) is 0 Å². The molecule has 6 aromatic rings. The minimum absolute atomic E-state index is 0.00917. The van der Waals surface area contributed by atoms with Crippen LogP contribution < -0.4 is 66.5 Å². The second kappa shape index (κ2) is 50.9. The Morgan fingerprint density at radius 2 is 0.738 bits per heavy atom. The van der Waals surface area contributed by atoms with Crippen LogP contribution in [0.3, 0.4) is 0 Å². The number of carbonyl (C=O) groups is 2. The Balaban J connectivity index is 0.000000189. The molecular formula is C88H128F12N20O21. The number of alkyl halides is 12. The first-order chi connectivity index (χ1) is 66.3. The molecule has 0 aromatic carbocycles. The highest BCUT2D eigenvalue weighted by Gasteiger charge is 2.65. The molecule has 8 aliphatic rings. The van der Waals surface area contributed by atoms with Crippen molar-refractivity contribution in [3.63, 3.8) is 0 Å². The molecule has 1 aliphatic carbocycles. The van der Waals surface area contributed by atoms with Crippen molar-refractivity contribution in [2.45, 2.75) is 285 Å². The molecule has 1 saturated carbocycles. The summed E-state index contributed by atoms with van der Waals surface area (Å²) in [6.45, 7) is 19.7. The van der Waals surface area contributed by atoms with E-state index < -0.39 is 186 Å². The zero-order valence-corrected chi connectivity index (χ0v) is 79.8. The van der Waals surface area contributed by atoms with Crippen LogP contribution in [0.5, 0.6) is 0 Å². The van der Waals surface area contributed by atoms with Crippen LogP contribution in [0.1, 0.15) is 163 Å². The highest BCUT2D eigenvalue weighted by molar-refractivity contribution is 5.78. The lowest BCUT2D eigenvalue weighted by Crippen LogP contribution is -2.44. The number of aliphatic hydroxyl groups excluding tert-OH is 6. The summed E-state index contributed by atoms with van der Waals surface area (Å²) in [5.41, 5.74) is 2.37. The topological polar surface area (TPSA) is 522 Å². The van der Waals surface area contributed by atoms with Crippen molar-refractivity contribution < 1.29 is 126 Å². The molecule has 6 aromatic heterocycles. The second-order valence-corrected chi connectivity index (χ2v) is 36.0. The van der Waals surface area contributed by atoms with E-state index in [0.717, 1.165) is 77.8 Å². The SMILES string of the molecule is CCCCNC[C@H]1O[C@@H](n2ccc(C)nc2=O)C(F)(F)[C@@H]1O.COCCN(C)C[C@H]1O[C@@H](n2ccc(C)nc2=O)C(F)(F)[C@@H]1O.Cc1ccn([C@@H]2O[C@H](CNC3CCCCC3)[C@@H](O)C2(F)F)c(=O)n1.Cc1ccn([C@@H]2O[C@H](CNCC(N)=O)[C@@H](O)C2(F)F)c(=O)n1.Cc1ccn([C@@H]2O[C@H](CNCCC(C)C)[C@@H](O)C2(F)F)c(=O)n1.Cc1ccn([C@@H]2O[C@H](CNCCCN3CCCC3=O)[C@@H](O)C2(F)F)c(=O)n1. The van der Waals surface area contributed by atoms with Gasteiger partial charge >= 0.3 is 69.7 Å². The number of halogens is 12. The number of nitrogens with one attached hydrogen (secondary N) is 5. The van der Waals surface area contributed by atoms with Crippen LogP contribution in [0.2, 0.25) is 0 Å². The predicted octanol–water partition coefficient (Wildman–Crippen LogP) is 1.87. The summed E-state index contributed by atoms with van der Waals surface area (Å²) in [7, 11) is 3.25. The molecule has 18 atom stereocenters. The lowest BCUT2D eigenvalue weighted by molar-refractivity contribution is -0.140. The molecule has 7 aliphatic heterocycles. The maximum Gasteiger partial charge on any atom is 0.350 e. The number of carbonyl (C=O) groups excluding carboxylic acids is 2. The molecule has 7 saturated heterocycles. The summed E-state index contributed by atoms with van der Waals surface area (Å²) < 4.78 is 212. The Labute approximate surface area is 801 Å². The smallest absolute Gasteiger partial charge is 0.350 e. The van der Waals surface area contributed by atoms with Gasteiger partial charge in [0.15, 0.2) is 0 Å². The molecule has 8 fully saturated rings. The maximum atomic E-state index is 14.4. The standard InChI is InChI=1S/C17H24F2N4O4.C16H23F2N3O3.C15H23F2N3O3.C14H21F2N3O4.C14H21F2N3O3.C12H16F2N4O4/c1-11-5-9-23(16(26)21-11)15-17(18,19)14(25)12(27-15)10-20-6-3-8-22-7-2-4-13(22)24;1-10-7-8-21(15(23)20-10)14-16(17,18)13(22)12(24-14)9-19-11-5-3-2-4-6-11;1-9(2)4-6-18-8-11-12(21)15(16,17)13(23-11)20-7-5-10(3)19-14(20)22;1-9-4-5-19(13(21)17-9)12-14(15,16)11(20)10(23-12)8-18(2)6-7-22-3;1-3-4-6-17-8-10-11(20)14(15,16)12(22-10)19-7-5-9(2)18-13(19)21;1-6-2-3-18(11(21)17-6)10-12(13,14)9(20)7(22-10)4-16-5-8(15)19/h5,9,12,14-15,20,25H,2-4,6-8,10H2,1H3;7-8,11-14,19,22H,2-6,9H2,1H3;5,7,9,11-13,18,21H,4,6,8H2,1-3H3;4-5,10-12,20H,6-8H2,1-3H3;5,7,10-12,17,20H,3-4,6,8H2,1-2H3;2-3,7,9-10,16,20H,4-5H2,1H3,(H2,15,19)/t12-,14-,15-;12-,13-,14-;11-,12-,13-;2*10-,11-,12-;7-,9-,10-/m111111/s1. The Kier molecular flexibility index (Phi) is 41.6. The van der Waals surface area contributed by atoms with Crippen molar-refractivity contribution >= 4 is 11.8 Å². The molecule has 0 unspecified atom stereocenters. The van der Waals surface area contributed by atoms with Crippen molar-refractivity contribution in [2.24, 2.45) is 11.7 Å². The Morgan fingerprint density at radius 3 is 1.02 bits per heavy atom. The van der Waals surface area contributed by atoms with E-state index >= 15 is 0 Å². The number of amides is 2. The quantitative estimate of drug-likeness (QED) is 0.0203. The van der Waals surface area contributed by atoms with Gasteiger partial charge in [-0.05, 0) is 149 Å². The number of rotatable bonds is 34. The van der Waals surface area contributed by atoms with E-state index in [0.29, 0.717) is 106 Å². The van der Waals surface area contributed by atoms with E-state index in [9.17, 15) is 122 Å². The molecule has 0 radical (unpaired) electrons. The van der Waals surface area contributed by atoms with Gasteiger partial charge in [-0.25, -0.2) is 28.8 Å². The third kappa shape index (κ3) is 29.5. The van der Waals surface area contributed by atoms with Crippen LogP contribution in [0.4, 0.5) is 52.7 Å². The molecule has 53 heteroatoms. The number of aryl methyl sites for hydroxylation is 6. The molecule has 0 spiro atoms. The third-order valence-corrected chi connectivity index (χ3v) is 24.2. The first-order valence-corrected chi connectivity index (χ1v) is 46.2. The van der Waals surface area contributed by atoms with Crippen LogP contribution in [0.25, 0.3) is 0 Å². The first-order valence-electron chi connectivity index (χ1n) is 46.2. The maximum absolute atomic E-state index is 14.4. The van der Waals surface area contributed by atoms with Gasteiger partial charge in [0.25, 0.3) is 0 Å². The van der Waals surface area contributed by atoms with Crippen LogP contribution in [-0.4, -0.2) is 330 Å². The fraction of sp³-hybridized carbons (Fsp3) is 0.705. The summed E-state index contributed by atoms with van der Waals surface area (Å²) in [6.07, 6.45) is -12.7. The lowest BCUT2D eigenvalue weighted by atomic mass is 9.95. The third-order valence-electron chi connectivity index (χ3n) is 24.2. The summed E-state index contributed by atoms with van der Waals surface area (Å²) in [5.74, 6) is -21.6. The number of nitrogens with zero attached hydrogens (tertiary/aromatic N) is 14. The highest BCUT2D eigenvalue weighted by Crippen LogP contribution is 2.48. The number of likely N-dealkylation sites (N-methyl/N-ethyl adjacent to an activating group) is 1. The normalized spacial score (nSPS) is 27.7. The van der Waals surface area contributed by atoms with E-state index in [1.807, 2.05) is 6.92 Å². The first kappa shape index (κ1) is 115. The number of aromatic nitrogens is 12. The Morgan fingerprint density at radius 1 is 0.447 bits per heavy atom.